The average Bonchev–Trinajstić information content (AvgIpc) is 2.54. The van der Waals surface area contributed by atoms with Crippen LogP contribution >= 0.6 is 15.9 Å². The van der Waals surface area contributed by atoms with E-state index in [4.69, 9.17) is 5.11 Å². The van der Waals surface area contributed by atoms with Crippen LogP contribution in [0.15, 0.2) is 22.9 Å². The molecule has 0 atom stereocenters. The van der Waals surface area contributed by atoms with E-state index in [-0.39, 0.29) is 0 Å². The fourth-order valence-corrected chi connectivity index (χ4v) is 2.66. The Kier molecular flexibility index (Phi) is 2.43. The second-order valence-corrected chi connectivity index (χ2v) is 5.12. The molecule has 1 fully saturated rings. The first kappa shape index (κ1) is 10.8. The molecule has 3 rings (SSSR count). The van der Waals surface area contributed by atoms with E-state index in [0.717, 1.165) is 28.8 Å². The number of rotatable bonds is 2. The van der Waals surface area contributed by atoms with Gasteiger partial charge in [0.15, 0.2) is 0 Å². The molecule has 5 heteroatoms. The van der Waals surface area contributed by atoms with Gasteiger partial charge < -0.3 is 9.51 Å². The second-order valence-electron chi connectivity index (χ2n) is 4.37. The second kappa shape index (κ2) is 3.84. The number of carboxylic acids is 1. The van der Waals surface area contributed by atoms with Gasteiger partial charge in [-0.05, 0) is 40.9 Å². The van der Waals surface area contributed by atoms with Gasteiger partial charge in [0.05, 0.1) is 11.1 Å². The largest absolute Gasteiger partial charge is 0.478 e. The van der Waals surface area contributed by atoms with Crippen LogP contribution in [0.5, 0.6) is 0 Å². The summed E-state index contributed by atoms with van der Waals surface area (Å²) in [5.41, 5.74) is 1.22. The van der Waals surface area contributed by atoms with Crippen LogP contribution in [0.1, 0.15) is 41.4 Å². The Morgan fingerprint density at radius 2 is 2.24 bits per heavy atom. The molecule has 0 saturated heterocycles. The van der Waals surface area contributed by atoms with Gasteiger partial charge in [-0.3, -0.25) is 0 Å². The molecule has 0 radical (unpaired) electrons. The van der Waals surface area contributed by atoms with Crippen molar-refractivity contribution in [2.75, 3.05) is 0 Å². The van der Waals surface area contributed by atoms with Crippen molar-refractivity contribution in [3.63, 3.8) is 0 Å². The van der Waals surface area contributed by atoms with Gasteiger partial charge in [0.2, 0.25) is 0 Å². The highest BCUT2D eigenvalue weighted by molar-refractivity contribution is 9.10. The molecule has 0 aliphatic heterocycles. The third kappa shape index (κ3) is 1.65. The summed E-state index contributed by atoms with van der Waals surface area (Å²) in [5.74, 6) is 0.537. The first-order chi connectivity index (χ1) is 8.16. The zero-order valence-electron chi connectivity index (χ0n) is 9.06. The maximum Gasteiger partial charge on any atom is 0.337 e. The number of carbonyl (C=O) groups is 1. The zero-order valence-corrected chi connectivity index (χ0v) is 10.6. The van der Waals surface area contributed by atoms with Gasteiger partial charge in [0, 0.05) is 12.1 Å². The van der Waals surface area contributed by atoms with E-state index in [1.54, 1.807) is 18.3 Å². The minimum absolute atomic E-state index is 0.294. The summed E-state index contributed by atoms with van der Waals surface area (Å²) >= 11 is 3.42. The van der Waals surface area contributed by atoms with Crippen LogP contribution in [0.2, 0.25) is 0 Å². The summed E-state index contributed by atoms with van der Waals surface area (Å²) in [7, 11) is 0. The van der Waals surface area contributed by atoms with Gasteiger partial charge >= 0.3 is 5.97 Å². The van der Waals surface area contributed by atoms with Crippen LogP contribution in [-0.4, -0.2) is 20.5 Å². The number of hydrogen-bond donors (Lipinski definition) is 1. The predicted octanol–water partition coefficient (Wildman–Crippen LogP) is 3.06. The number of halogens is 1. The fraction of sp³-hybridized carbons (Fsp3) is 0.333. The summed E-state index contributed by atoms with van der Waals surface area (Å²) in [6, 6.07) is 3.40. The highest BCUT2D eigenvalue weighted by atomic mass is 79.9. The first-order valence-electron chi connectivity index (χ1n) is 5.57. The maximum absolute atomic E-state index is 11.0. The number of pyridine rings is 1. The SMILES string of the molecule is O=C(O)c1ccc2c(Br)nc(C3CCC3)n2c1. The molecule has 88 valence electrons. The number of fused-ring (bicyclic) bond motifs is 1. The van der Waals surface area contributed by atoms with E-state index in [1.165, 1.54) is 6.42 Å². The molecule has 1 aliphatic carbocycles. The normalized spacial score (nSPS) is 16.1. The highest BCUT2D eigenvalue weighted by Crippen LogP contribution is 2.37. The molecule has 0 bridgehead atoms. The van der Waals surface area contributed by atoms with E-state index in [2.05, 4.69) is 20.9 Å². The van der Waals surface area contributed by atoms with Crippen molar-refractivity contribution < 1.29 is 9.90 Å². The Morgan fingerprint density at radius 1 is 1.47 bits per heavy atom. The van der Waals surface area contributed by atoms with E-state index in [0.29, 0.717) is 11.5 Å². The molecule has 0 aromatic carbocycles. The molecule has 1 aliphatic rings. The molecule has 2 aromatic heterocycles. The first-order valence-corrected chi connectivity index (χ1v) is 6.37. The van der Waals surface area contributed by atoms with Gasteiger partial charge in [0.25, 0.3) is 0 Å². The molecule has 2 aromatic rings. The van der Waals surface area contributed by atoms with Gasteiger partial charge in [-0.1, -0.05) is 6.42 Å². The molecule has 2 heterocycles. The topological polar surface area (TPSA) is 54.6 Å². The van der Waals surface area contributed by atoms with Crippen molar-refractivity contribution in [3.8, 4) is 0 Å². The van der Waals surface area contributed by atoms with Crippen LogP contribution in [0, 0.1) is 0 Å². The van der Waals surface area contributed by atoms with Crippen LogP contribution in [0.25, 0.3) is 5.52 Å². The number of aromatic nitrogens is 2. The third-order valence-electron chi connectivity index (χ3n) is 3.34. The van der Waals surface area contributed by atoms with Gasteiger partial charge in [-0.25, -0.2) is 9.78 Å². The lowest BCUT2D eigenvalue weighted by molar-refractivity contribution is 0.0696. The lowest BCUT2D eigenvalue weighted by atomic mass is 9.85. The maximum atomic E-state index is 11.0. The summed E-state index contributed by atoms with van der Waals surface area (Å²) < 4.78 is 2.69. The summed E-state index contributed by atoms with van der Waals surface area (Å²) in [4.78, 5) is 15.5. The molecular formula is C12H11BrN2O2. The summed E-state index contributed by atoms with van der Waals surface area (Å²) in [6.07, 6.45) is 5.17. The lowest BCUT2D eigenvalue weighted by Gasteiger charge is -2.23. The number of nitrogens with zero attached hydrogens (tertiary/aromatic N) is 2. The summed E-state index contributed by atoms with van der Waals surface area (Å²) in [6.45, 7) is 0. The van der Waals surface area contributed by atoms with Crippen LogP contribution in [-0.2, 0) is 0 Å². The number of carboxylic acid groups (broad SMARTS) is 1. The monoisotopic (exact) mass is 294 g/mol. The van der Waals surface area contributed by atoms with Crippen molar-refractivity contribution in [2.24, 2.45) is 0 Å². The molecule has 1 N–H and O–H groups in total. The smallest absolute Gasteiger partial charge is 0.337 e. The van der Waals surface area contributed by atoms with E-state index in [9.17, 15) is 4.79 Å². The van der Waals surface area contributed by atoms with Crippen molar-refractivity contribution in [3.05, 3.63) is 34.3 Å². The minimum atomic E-state index is -0.906. The van der Waals surface area contributed by atoms with E-state index in [1.807, 2.05) is 4.40 Å². The predicted molar refractivity (Wildman–Crippen MR) is 66.4 cm³/mol. The Hall–Kier alpha value is -1.36. The molecule has 0 amide bonds. The number of hydrogen-bond acceptors (Lipinski definition) is 2. The van der Waals surface area contributed by atoms with E-state index < -0.39 is 5.97 Å². The van der Waals surface area contributed by atoms with Gasteiger partial charge in [-0.15, -0.1) is 0 Å². The van der Waals surface area contributed by atoms with Gasteiger partial charge in [0.1, 0.15) is 10.4 Å². The van der Waals surface area contributed by atoms with Crippen LogP contribution in [0.4, 0.5) is 0 Å². The molecular weight excluding hydrogens is 284 g/mol. The molecule has 4 nitrogen and oxygen atoms in total. The quantitative estimate of drug-likeness (QED) is 0.926. The average molecular weight is 295 g/mol. The van der Waals surface area contributed by atoms with Crippen LogP contribution in [0.3, 0.4) is 0 Å². The van der Waals surface area contributed by atoms with Gasteiger partial charge in [-0.2, -0.15) is 0 Å². The lowest BCUT2D eigenvalue weighted by Crippen LogP contribution is -2.13. The minimum Gasteiger partial charge on any atom is -0.478 e. The molecule has 0 spiro atoms. The number of imidazole rings is 1. The standard InChI is InChI=1S/C12H11BrN2O2/c13-10-9-5-4-8(12(16)17)6-15(9)11(14-10)7-2-1-3-7/h4-7H,1-3H2,(H,16,17). The van der Waals surface area contributed by atoms with Crippen molar-refractivity contribution in [1.82, 2.24) is 9.38 Å². The Balaban J connectivity index is 2.20. The number of aromatic carboxylic acids is 1. The molecule has 17 heavy (non-hydrogen) atoms. The molecule has 1 saturated carbocycles. The van der Waals surface area contributed by atoms with Crippen molar-refractivity contribution >= 4 is 27.4 Å². The van der Waals surface area contributed by atoms with Crippen molar-refractivity contribution in [2.45, 2.75) is 25.2 Å². The Bertz CT molecular complexity index is 602. The Morgan fingerprint density at radius 3 is 2.82 bits per heavy atom. The highest BCUT2D eigenvalue weighted by Gasteiger charge is 2.25. The van der Waals surface area contributed by atoms with E-state index >= 15 is 0 Å². The Labute approximate surface area is 106 Å². The summed E-state index contributed by atoms with van der Waals surface area (Å²) in [5, 5.41) is 9.01. The fourth-order valence-electron chi connectivity index (χ4n) is 2.15. The molecule has 0 unspecified atom stereocenters. The third-order valence-corrected chi connectivity index (χ3v) is 3.92. The van der Waals surface area contributed by atoms with Crippen molar-refractivity contribution in [1.29, 1.82) is 0 Å². The zero-order chi connectivity index (χ0) is 12.0. The van der Waals surface area contributed by atoms with Crippen LogP contribution < -0.4 is 0 Å².